The summed E-state index contributed by atoms with van der Waals surface area (Å²) in [6, 6.07) is 9.28. The molecule has 0 saturated carbocycles. The van der Waals surface area contributed by atoms with Gasteiger partial charge in [-0.1, -0.05) is 17.7 Å². The molecule has 0 saturated heterocycles. The van der Waals surface area contributed by atoms with E-state index in [1.165, 1.54) is 24.5 Å². The van der Waals surface area contributed by atoms with Crippen LogP contribution in [0.4, 0.5) is 23.2 Å². The average Bonchev–Trinajstić information content (AvgIpc) is 3.36. The van der Waals surface area contributed by atoms with E-state index in [1.54, 1.807) is 12.3 Å². The zero-order valence-electron chi connectivity index (χ0n) is 20.5. The topological polar surface area (TPSA) is 104 Å². The molecule has 0 aliphatic carbocycles. The third-order valence-electron chi connectivity index (χ3n) is 5.71. The number of halogens is 5. The summed E-state index contributed by atoms with van der Waals surface area (Å²) in [7, 11) is 0. The molecule has 39 heavy (non-hydrogen) atoms. The van der Waals surface area contributed by atoms with Gasteiger partial charge < -0.3 is 20.7 Å². The van der Waals surface area contributed by atoms with Crippen molar-refractivity contribution in [2.45, 2.75) is 25.7 Å². The molecular weight excluding hydrogens is 540 g/mol. The second kappa shape index (κ2) is 12.8. The molecule has 206 valence electrons. The smallest absolute Gasteiger partial charge is 0.404 e. The molecule has 0 unspecified atom stereocenters. The van der Waals surface area contributed by atoms with Crippen LogP contribution in [0.5, 0.6) is 5.75 Å². The summed E-state index contributed by atoms with van der Waals surface area (Å²) in [5.41, 5.74) is 3.33. The van der Waals surface area contributed by atoms with Crippen molar-refractivity contribution >= 4 is 34.1 Å². The predicted molar refractivity (Wildman–Crippen MR) is 140 cm³/mol. The highest BCUT2D eigenvalue weighted by molar-refractivity contribution is 6.32. The summed E-state index contributed by atoms with van der Waals surface area (Å²) < 4.78 is 55.1. The third-order valence-corrected chi connectivity index (χ3v) is 6.01. The average molecular weight is 565 g/mol. The maximum Gasteiger partial charge on any atom is 0.573 e. The van der Waals surface area contributed by atoms with Crippen LogP contribution < -0.4 is 20.7 Å². The monoisotopic (exact) mass is 564 g/mol. The Morgan fingerprint density at radius 2 is 1.92 bits per heavy atom. The summed E-state index contributed by atoms with van der Waals surface area (Å²) in [6.45, 7) is 1.72. The van der Waals surface area contributed by atoms with Gasteiger partial charge in [0.1, 0.15) is 11.6 Å². The van der Waals surface area contributed by atoms with E-state index in [0.29, 0.717) is 49.3 Å². The van der Waals surface area contributed by atoms with Gasteiger partial charge in [-0.2, -0.15) is 5.10 Å². The van der Waals surface area contributed by atoms with E-state index in [0.717, 1.165) is 22.7 Å². The number of aromatic nitrogens is 3. The Bertz CT molecular complexity index is 1430. The second-order valence-electron chi connectivity index (χ2n) is 8.58. The van der Waals surface area contributed by atoms with Crippen LogP contribution in [0.25, 0.3) is 22.0 Å². The van der Waals surface area contributed by atoms with Crippen LogP contribution in [0.1, 0.15) is 18.4 Å². The van der Waals surface area contributed by atoms with E-state index >= 15 is 0 Å². The molecule has 2 aromatic heterocycles. The number of carbonyl (C=O) groups is 1. The van der Waals surface area contributed by atoms with Crippen LogP contribution in [0.15, 0.2) is 55.0 Å². The predicted octanol–water partition coefficient (Wildman–Crippen LogP) is 5.41. The van der Waals surface area contributed by atoms with Gasteiger partial charge in [0.05, 0.1) is 22.9 Å². The summed E-state index contributed by atoms with van der Waals surface area (Å²) >= 11 is 5.84. The molecule has 0 fully saturated rings. The number of aromatic amines is 1. The number of fused-ring (bicyclic) bond motifs is 1. The zero-order valence-corrected chi connectivity index (χ0v) is 21.3. The van der Waals surface area contributed by atoms with Crippen molar-refractivity contribution in [3.63, 3.8) is 0 Å². The van der Waals surface area contributed by atoms with Crippen LogP contribution in [-0.4, -0.2) is 47.1 Å². The number of alkyl halides is 3. The van der Waals surface area contributed by atoms with E-state index in [9.17, 15) is 22.4 Å². The van der Waals surface area contributed by atoms with Crippen molar-refractivity contribution in [3.05, 3.63) is 71.4 Å². The number of benzene rings is 2. The van der Waals surface area contributed by atoms with Crippen LogP contribution >= 0.6 is 11.6 Å². The van der Waals surface area contributed by atoms with E-state index in [1.807, 2.05) is 12.1 Å². The maximum atomic E-state index is 14.2. The van der Waals surface area contributed by atoms with Gasteiger partial charge in [-0.3, -0.25) is 14.9 Å². The minimum absolute atomic E-state index is 0.137. The molecular formula is C26H25ClF4N6O2. The fourth-order valence-corrected chi connectivity index (χ4v) is 4.13. The molecule has 0 aliphatic rings. The van der Waals surface area contributed by atoms with Crippen LogP contribution in [0, 0.1) is 5.82 Å². The van der Waals surface area contributed by atoms with Crippen molar-refractivity contribution in [1.82, 2.24) is 25.8 Å². The number of H-pyrrole nitrogens is 1. The van der Waals surface area contributed by atoms with Gasteiger partial charge in [0.15, 0.2) is 0 Å². The molecule has 2 aromatic carbocycles. The quantitative estimate of drug-likeness (QED) is 0.135. The van der Waals surface area contributed by atoms with E-state index < -0.39 is 17.9 Å². The summed E-state index contributed by atoms with van der Waals surface area (Å²) in [5, 5.41) is 16.9. The van der Waals surface area contributed by atoms with E-state index in [4.69, 9.17) is 11.6 Å². The maximum absolute atomic E-state index is 14.2. The number of ether oxygens (including phenoxy) is 1. The zero-order chi connectivity index (χ0) is 27.8. The molecule has 4 rings (SSSR count). The number of pyridine rings is 1. The lowest BCUT2D eigenvalue weighted by Gasteiger charge is -2.12. The molecule has 0 atom stereocenters. The number of hydrogen-bond donors (Lipinski definition) is 4. The molecule has 0 radical (unpaired) electrons. The van der Waals surface area contributed by atoms with Crippen LogP contribution in [-0.2, 0) is 11.3 Å². The van der Waals surface area contributed by atoms with Crippen molar-refractivity contribution in [2.75, 3.05) is 25.0 Å². The normalized spacial score (nSPS) is 11.5. The van der Waals surface area contributed by atoms with Crippen molar-refractivity contribution in [3.8, 4) is 16.9 Å². The Morgan fingerprint density at radius 1 is 1.08 bits per heavy atom. The molecule has 13 heteroatoms. The number of nitrogens with one attached hydrogen (secondary N) is 4. The lowest BCUT2D eigenvalue weighted by Crippen LogP contribution is -2.29. The summed E-state index contributed by atoms with van der Waals surface area (Å²) in [5.74, 6) is -1.02. The minimum atomic E-state index is -4.81. The fraction of sp³-hybridized carbons (Fsp3) is 0.269. The lowest BCUT2D eigenvalue weighted by atomic mass is 10.0. The Labute approximate surface area is 226 Å². The summed E-state index contributed by atoms with van der Waals surface area (Å²) in [4.78, 5) is 15.9. The number of amides is 1. The molecule has 0 spiro atoms. The second-order valence-corrected chi connectivity index (χ2v) is 8.99. The Hall–Kier alpha value is -3.90. The van der Waals surface area contributed by atoms with Gasteiger partial charge in [-0.25, -0.2) is 4.39 Å². The first-order valence-electron chi connectivity index (χ1n) is 12.0. The van der Waals surface area contributed by atoms with Gasteiger partial charge in [0, 0.05) is 55.4 Å². The Balaban J connectivity index is 1.17. The number of nitrogens with zero attached hydrogens (tertiary/aromatic N) is 2. The van der Waals surface area contributed by atoms with Gasteiger partial charge in [0.25, 0.3) is 0 Å². The Kier molecular flexibility index (Phi) is 9.20. The fourth-order valence-electron chi connectivity index (χ4n) is 3.89. The van der Waals surface area contributed by atoms with E-state index in [-0.39, 0.29) is 17.4 Å². The first kappa shape index (κ1) is 28.1. The van der Waals surface area contributed by atoms with Crippen LogP contribution in [0.2, 0.25) is 5.02 Å². The minimum Gasteiger partial charge on any atom is -0.404 e. The number of carbonyl (C=O) groups excluding carboxylic acids is 1. The molecule has 8 nitrogen and oxygen atoms in total. The first-order chi connectivity index (χ1) is 18.7. The van der Waals surface area contributed by atoms with Crippen molar-refractivity contribution in [1.29, 1.82) is 0 Å². The summed E-state index contributed by atoms with van der Waals surface area (Å²) in [6.07, 6.45) is 0.457. The SMILES string of the molecule is O=C(CCNCc1ccc(OC(F)(F)F)c(Cl)c1)NCCCNc1cc(-c2ccncc2F)cc2[nH]ncc12. The van der Waals surface area contributed by atoms with Gasteiger partial charge in [-0.15, -0.1) is 13.2 Å². The van der Waals surface area contributed by atoms with Crippen LogP contribution in [0.3, 0.4) is 0 Å². The van der Waals surface area contributed by atoms with Gasteiger partial charge >= 0.3 is 6.36 Å². The molecule has 1 amide bonds. The highest BCUT2D eigenvalue weighted by Crippen LogP contribution is 2.32. The standard InChI is InChI=1S/C26H25ClF4N6O2/c27-20-10-16(2-3-24(20)39-26(29,30)31)13-32-9-5-25(38)35-7-1-6-34-22-11-17(12-23-19(22)14-36-37-23)18-4-8-33-15-21(18)28/h2-4,8,10-12,14-15,32,34H,1,5-7,9,13H2,(H,35,38)(H,36,37). The molecule has 4 aromatic rings. The van der Waals surface area contributed by atoms with Crippen molar-refractivity contribution in [2.24, 2.45) is 0 Å². The highest BCUT2D eigenvalue weighted by atomic mass is 35.5. The molecule has 0 bridgehead atoms. The Morgan fingerprint density at radius 3 is 2.69 bits per heavy atom. The molecule has 2 heterocycles. The lowest BCUT2D eigenvalue weighted by molar-refractivity contribution is -0.274. The largest absolute Gasteiger partial charge is 0.573 e. The molecule has 0 aliphatic heterocycles. The first-order valence-corrected chi connectivity index (χ1v) is 12.4. The van der Waals surface area contributed by atoms with Gasteiger partial charge in [-0.05, 0) is 47.9 Å². The molecule has 4 N–H and O–H groups in total. The van der Waals surface area contributed by atoms with Crippen molar-refractivity contribution < 1.29 is 27.1 Å². The highest BCUT2D eigenvalue weighted by Gasteiger charge is 2.32. The third kappa shape index (κ3) is 8.04. The number of rotatable bonds is 12. The van der Waals surface area contributed by atoms with E-state index in [2.05, 4.69) is 35.9 Å². The number of hydrogen-bond acceptors (Lipinski definition) is 6. The van der Waals surface area contributed by atoms with Gasteiger partial charge in [0.2, 0.25) is 5.91 Å². The number of anilines is 1.